The van der Waals surface area contributed by atoms with Crippen molar-refractivity contribution in [2.75, 3.05) is 19.0 Å². The van der Waals surface area contributed by atoms with Gasteiger partial charge < -0.3 is 4.90 Å². The minimum Gasteiger partial charge on any atom is -0.363 e. The average Bonchev–Trinajstić information content (AvgIpc) is 2.29. The number of aromatic nitrogens is 1. The van der Waals surface area contributed by atoms with Gasteiger partial charge in [0.2, 0.25) is 0 Å². The molecule has 0 fully saturated rings. The van der Waals surface area contributed by atoms with E-state index in [-0.39, 0.29) is 5.82 Å². The Morgan fingerprint density at radius 1 is 1.06 bits per heavy atom. The first-order valence-electron chi connectivity index (χ1n) is 5.06. The zero-order valence-electron chi connectivity index (χ0n) is 9.31. The summed E-state index contributed by atoms with van der Waals surface area (Å²) in [5.74, 6) is 0.661. The van der Waals surface area contributed by atoms with Gasteiger partial charge in [-0.25, -0.2) is 9.37 Å². The van der Waals surface area contributed by atoms with Gasteiger partial charge in [0.25, 0.3) is 0 Å². The molecule has 0 amide bonds. The van der Waals surface area contributed by atoms with Crippen LogP contribution in [0.5, 0.6) is 0 Å². The van der Waals surface area contributed by atoms with Gasteiger partial charge in [-0.2, -0.15) is 0 Å². The van der Waals surface area contributed by atoms with E-state index in [1.807, 2.05) is 37.2 Å². The smallest absolute Gasteiger partial charge is 0.127 e. The Labute approximate surface area is 94.4 Å². The van der Waals surface area contributed by atoms with Crippen molar-refractivity contribution in [1.82, 2.24) is 4.98 Å². The lowest BCUT2D eigenvalue weighted by Crippen LogP contribution is -2.09. The normalized spacial score (nSPS) is 10.2. The summed E-state index contributed by atoms with van der Waals surface area (Å²) in [5, 5.41) is 0. The summed E-state index contributed by atoms with van der Waals surface area (Å²) in [6.07, 6.45) is 1.75. The fourth-order valence-corrected chi connectivity index (χ4v) is 1.49. The Hall–Kier alpha value is -1.90. The molecule has 0 unspecified atom stereocenters. The molecule has 3 heteroatoms. The molecular weight excluding hydrogens is 203 g/mol. The van der Waals surface area contributed by atoms with E-state index in [1.54, 1.807) is 12.3 Å². The molecule has 16 heavy (non-hydrogen) atoms. The zero-order valence-corrected chi connectivity index (χ0v) is 9.31. The number of rotatable bonds is 2. The molecule has 2 rings (SSSR count). The van der Waals surface area contributed by atoms with Gasteiger partial charge in [-0.3, -0.25) is 0 Å². The lowest BCUT2D eigenvalue weighted by molar-refractivity contribution is 0.628. The second-order valence-corrected chi connectivity index (χ2v) is 3.81. The zero-order chi connectivity index (χ0) is 11.5. The predicted octanol–water partition coefficient (Wildman–Crippen LogP) is 2.95. The summed E-state index contributed by atoms with van der Waals surface area (Å²) in [7, 11) is 3.87. The molecule has 1 aromatic carbocycles. The summed E-state index contributed by atoms with van der Waals surface area (Å²) in [6.45, 7) is 0. The van der Waals surface area contributed by atoms with Crippen LogP contribution in [-0.2, 0) is 0 Å². The van der Waals surface area contributed by atoms with Gasteiger partial charge >= 0.3 is 0 Å². The molecule has 1 aromatic heterocycles. The minimum absolute atomic E-state index is 0.228. The molecule has 0 saturated carbocycles. The van der Waals surface area contributed by atoms with Crippen LogP contribution in [0.1, 0.15) is 0 Å². The lowest BCUT2D eigenvalue weighted by Gasteiger charge is -2.11. The van der Waals surface area contributed by atoms with Crippen molar-refractivity contribution < 1.29 is 4.39 Å². The standard InChI is InChI=1S/C13H13FN2/c1-16(2)13-7-6-11(9-15-13)10-4-3-5-12(14)8-10/h3-9H,1-2H3. The minimum atomic E-state index is -0.228. The van der Waals surface area contributed by atoms with Crippen LogP contribution < -0.4 is 4.90 Å². The van der Waals surface area contributed by atoms with E-state index in [4.69, 9.17) is 0 Å². The molecule has 2 aromatic rings. The van der Waals surface area contributed by atoms with Crippen LogP contribution >= 0.6 is 0 Å². The quantitative estimate of drug-likeness (QED) is 0.767. The van der Waals surface area contributed by atoms with Crippen LogP contribution in [0.25, 0.3) is 11.1 Å². The maximum absolute atomic E-state index is 13.0. The van der Waals surface area contributed by atoms with E-state index in [0.29, 0.717) is 0 Å². The number of anilines is 1. The first-order chi connectivity index (χ1) is 7.66. The lowest BCUT2D eigenvalue weighted by atomic mass is 10.1. The summed E-state index contributed by atoms with van der Waals surface area (Å²) >= 11 is 0. The molecular formula is C13H13FN2. The molecule has 0 atom stereocenters. The Balaban J connectivity index is 2.35. The van der Waals surface area contributed by atoms with Gasteiger partial charge in [0.15, 0.2) is 0 Å². The van der Waals surface area contributed by atoms with Gasteiger partial charge in [0.05, 0.1) is 0 Å². The highest BCUT2D eigenvalue weighted by Crippen LogP contribution is 2.20. The van der Waals surface area contributed by atoms with E-state index in [0.717, 1.165) is 16.9 Å². The summed E-state index contributed by atoms with van der Waals surface area (Å²) in [6, 6.07) is 10.4. The topological polar surface area (TPSA) is 16.1 Å². The molecule has 0 spiro atoms. The van der Waals surface area contributed by atoms with Crippen molar-refractivity contribution >= 4 is 5.82 Å². The predicted molar refractivity (Wildman–Crippen MR) is 64.0 cm³/mol. The number of halogens is 1. The fourth-order valence-electron chi connectivity index (χ4n) is 1.49. The molecule has 0 aliphatic rings. The van der Waals surface area contributed by atoms with Crippen LogP contribution in [0, 0.1) is 5.82 Å². The summed E-state index contributed by atoms with van der Waals surface area (Å²) in [5.41, 5.74) is 1.77. The van der Waals surface area contributed by atoms with Crippen LogP contribution in [0.3, 0.4) is 0 Å². The Morgan fingerprint density at radius 2 is 1.88 bits per heavy atom. The monoisotopic (exact) mass is 216 g/mol. The van der Waals surface area contributed by atoms with E-state index in [1.165, 1.54) is 12.1 Å². The molecule has 82 valence electrons. The Bertz CT molecular complexity index is 478. The van der Waals surface area contributed by atoms with Gasteiger partial charge in [-0.05, 0) is 29.8 Å². The maximum atomic E-state index is 13.0. The number of pyridine rings is 1. The fraction of sp³-hybridized carbons (Fsp3) is 0.154. The molecule has 0 aliphatic carbocycles. The molecule has 2 nitrogen and oxygen atoms in total. The van der Waals surface area contributed by atoms with Gasteiger partial charge in [-0.1, -0.05) is 12.1 Å². The third-order valence-corrected chi connectivity index (χ3v) is 2.36. The summed E-state index contributed by atoms with van der Waals surface area (Å²) < 4.78 is 13.0. The van der Waals surface area contributed by atoms with Gasteiger partial charge in [0, 0.05) is 25.9 Å². The first-order valence-corrected chi connectivity index (χ1v) is 5.06. The molecule has 0 radical (unpaired) electrons. The van der Waals surface area contributed by atoms with Gasteiger partial charge in [-0.15, -0.1) is 0 Å². The van der Waals surface area contributed by atoms with E-state index < -0.39 is 0 Å². The number of nitrogens with zero attached hydrogens (tertiary/aromatic N) is 2. The highest BCUT2D eigenvalue weighted by atomic mass is 19.1. The first kappa shape index (κ1) is 10.6. The largest absolute Gasteiger partial charge is 0.363 e. The maximum Gasteiger partial charge on any atom is 0.127 e. The molecule has 0 N–H and O–H groups in total. The number of benzene rings is 1. The molecule has 0 aliphatic heterocycles. The van der Waals surface area contributed by atoms with Crippen LogP contribution in [0.4, 0.5) is 10.2 Å². The van der Waals surface area contributed by atoms with Crippen molar-refractivity contribution in [2.24, 2.45) is 0 Å². The Morgan fingerprint density at radius 3 is 2.44 bits per heavy atom. The van der Waals surface area contributed by atoms with Crippen molar-refractivity contribution in [2.45, 2.75) is 0 Å². The Kier molecular flexibility index (Phi) is 2.86. The van der Waals surface area contributed by atoms with Crippen LogP contribution in [0.15, 0.2) is 42.6 Å². The second kappa shape index (κ2) is 4.31. The highest BCUT2D eigenvalue weighted by molar-refractivity contribution is 5.63. The van der Waals surface area contributed by atoms with Crippen molar-refractivity contribution in [1.29, 1.82) is 0 Å². The number of hydrogen-bond donors (Lipinski definition) is 0. The van der Waals surface area contributed by atoms with Crippen LogP contribution in [-0.4, -0.2) is 19.1 Å². The second-order valence-electron chi connectivity index (χ2n) is 3.81. The van der Waals surface area contributed by atoms with Crippen molar-refractivity contribution in [3.63, 3.8) is 0 Å². The molecule has 0 saturated heterocycles. The third kappa shape index (κ3) is 2.19. The third-order valence-electron chi connectivity index (χ3n) is 2.36. The average molecular weight is 216 g/mol. The number of hydrogen-bond acceptors (Lipinski definition) is 2. The summed E-state index contributed by atoms with van der Waals surface area (Å²) in [4.78, 5) is 6.21. The highest BCUT2D eigenvalue weighted by Gasteiger charge is 2.01. The molecule has 1 heterocycles. The van der Waals surface area contributed by atoms with E-state index >= 15 is 0 Å². The van der Waals surface area contributed by atoms with E-state index in [2.05, 4.69) is 4.98 Å². The molecule has 0 bridgehead atoms. The van der Waals surface area contributed by atoms with Crippen LogP contribution in [0.2, 0.25) is 0 Å². The van der Waals surface area contributed by atoms with Crippen molar-refractivity contribution in [3.8, 4) is 11.1 Å². The SMILES string of the molecule is CN(C)c1ccc(-c2cccc(F)c2)cn1. The van der Waals surface area contributed by atoms with E-state index in [9.17, 15) is 4.39 Å². The van der Waals surface area contributed by atoms with Crippen molar-refractivity contribution in [3.05, 3.63) is 48.4 Å². The van der Waals surface area contributed by atoms with Gasteiger partial charge in [0.1, 0.15) is 11.6 Å².